The summed E-state index contributed by atoms with van der Waals surface area (Å²) in [7, 11) is 0. The van der Waals surface area contributed by atoms with E-state index in [1.165, 1.54) is 22.4 Å². The summed E-state index contributed by atoms with van der Waals surface area (Å²) in [5, 5.41) is 0. The van der Waals surface area contributed by atoms with Gasteiger partial charge in [-0.1, -0.05) is 35.9 Å². The Morgan fingerprint density at radius 2 is 2.00 bits per heavy atom. The summed E-state index contributed by atoms with van der Waals surface area (Å²) in [5.74, 6) is 0. The zero-order valence-corrected chi connectivity index (χ0v) is 9.35. The van der Waals surface area contributed by atoms with Gasteiger partial charge in [-0.25, -0.2) is 0 Å². The Bertz CT molecular complexity index is 492. The summed E-state index contributed by atoms with van der Waals surface area (Å²) in [5.41, 5.74) is 5.22. The first-order valence-corrected chi connectivity index (χ1v) is 5.57. The lowest BCUT2D eigenvalue weighted by atomic mass is 10.00. The van der Waals surface area contributed by atoms with E-state index in [4.69, 9.17) is 0 Å². The molecular weight excluding hydrogens is 196 g/mol. The van der Waals surface area contributed by atoms with Gasteiger partial charge in [-0.2, -0.15) is 0 Å². The second kappa shape index (κ2) is 3.63. The van der Waals surface area contributed by atoms with Crippen LogP contribution in [0.1, 0.15) is 17.5 Å². The van der Waals surface area contributed by atoms with Crippen molar-refractivity contribution in [2.24, 2.45) is 4.99 Å². The van der Waals surface area contributed by atoms with Crippen LogP contribution in [0.25, 0.3) is 5.57 Å². The Morgan fingerprint density at radius 3 is 2.81 bits per heavy atom. The number of fused-ring (bicyclic) bond motifs is 1. The molecule has 0 unspecified atom stereocenters. The lowest BCUT2D eigenvalue weighted by Crippen LogP contribution is -2.15. The van der Waals surface area contributed by atoms with E-state index in [9.17, 15) is 0 Å². The van der Waals surface area contributed by atoms with Crippen molar-refractivity contribution >= 4 is 11.8 Å². The molecule has 0 radical (unpaired) electrons. The third-order valence-electron chi connectivity index (χ3n) is 3.05. The van der Waals surface area contributed by atoms with Gasteiger partial charge in [0.25, 0.3) is 0 Å². The van der Waals surface area contributed by atoms with Crippen LogP contribution in [0, 0.1) is 6.92 Å². The molecule has 0 saturated heterocycles. The third-order valence-corrected chi connectivity index (χ3v) is 3.05. The highest BCUT2D eigenvalue weighted by Crippen LogP contribution is 2.27. The summed E-state index contributed by atoms with van der Waals surface area (Å²) < 4.78 is 0. The Morgan fingerprint density at radius 1 is 1.19 bits per heavy atom. The first-order valence-electron chi connectivity index (χ1n) is 5.57. The Hall–Kier alpha value is -1.83. The van der Waals surface area contributed by atoms with E-state index in [1.54, 1.807) is 0 Å². The second-order valence-corrected chi connectivity index (χ2v) is 4.28. The minimum Gasteiger partial charge on any atom is -0.327 e. The van der Waals surface area contributed by atoms with Crippen LogP contribution in [0.5, 0.6) is 0 Å². The average molecular weight is 210 g/mol. The van der Waals surface area contributed by atoms with Crippen molar-refractivity contribution in [2.75, 3.05) is 6.67 Å². The largest absolute Gasteiger partial charge is 0.327 e. The van der Waals surface area contributed by atoms with Crippen molar-refractivity contribution in [3.05, 3.63) is 53.4 Å². The second-order valence-electron chi connectivity index (χ2n) is 4.28. The topological polar surface area (TPSA) is 15.6 Å². The molecule has 0 aromatic heterocycles. The summed E-state index contributed by atoms with van der Waals surface area (Å²) in [6.45, 7) is 2.88. The molecular formula is C14H14N2. The summed E-state index contributed by atoms with van der Waals surface area (Å²) in [6.07, 6.45) is 7.40. The number of aliphatic imine (C=N–C) groups is 1. The maximum absolute atomic E-state index is 4.26. The number of hydrogen-bond acceptors (Lipinski definition) is 2. The lowest BCUT2D eigenvalue weighted by Gasteiger charge is -2.20. The van der Waals surface area contributed by atoms with E-state index in [0.717, 1.165) is 13.1 Å². The van der Waals surface area contributed by atoms with E-state index < -0.39 is 0 Å². The molecule has 0 fully saturated rings. The van der Waals surface area contributed by atoms with Gasteiger partial charge < -0.3 is 4.90 Å². The fourth-order valence-corrected chi connectivity index (χ4v) is 2.08. The number of nitrogens with zero attached hydrogens (tertiary/aromatic N) is 2. The lowest BCUT2D eigenvalue weighted by molar-refractivity contribution is 0.523. The molecule has 2 heteroatoms. The molecule has 1 aromatic carbocycles. The van der Waals surface area contributed by atoms with Crippen LogP contribution in [-0.2, 0) is 0 Å². The predicted molar refractivity (Wildman–Crippen MR) is 67.1 cm³/mol. The van der Waals surface area contributed by atoms with Crippen LogP contribution in [-0.4, -0.2) is 17.8 Å². The standard InChI is InChI=1S/C14H14N2/c1-11-2-4-12(5-3-11)13-6-7-14-8-15-10-16(14)9-13/h2-5,7-9H,6,10H2,1H3. The Labute approximate surface area is 95.6 Å². The van der Waals surface area contributed by atoms with Crippen molar-refractivity contribution < 1.29 is 0 Å². The van der Waals surface area contributed by atoms with Crippen LogP contribution < -0.4 is 0 Å². The van der Waals surface area contributed by atoms with Crippen molar-refractivity contribution in [3.8, 4) is 0 Å². The van der Waals surface area contributed by atoms with E-state index >= 15 is 0 Å². The first kappa shape index (κ1) is 9.40. The van der Waals surface area contributed by atoms with E-state index in [1.807, 2.05) is 6.21 Å². The number of benzene rings is 1. The average Bonchev–Trinajstić information content (AvgIpc) is 2.77. The SMILES string of the molecule is Cc1ccc(C2=CN3CN=CC3=CC2)cc1. The third kappa shape index (κ3) is 1.56. The van der Waals surface area contributed by atoms with Crippen molar-refractivity contribution in [3.63, 3.8) is 0 Å². The Kier molecular flexibility index (Phi) is 2.13. The molecule has 0 atom stereocenters. The normalized spacial score (nSPS) is 18.2. The molecule has 0 spiro atoms. The van der Waals surface area contributed by atoms with Crippen LogP contribution in [0.4, 0.5) is 0 Å². The van der Waals surface area contributed by atoms with Gasteiger partial charge in [0.15, 0.2) is 0 Å². The van der Waals surface area contributed by atoms with Crippen LogP contribution >= 0.6 is 0 Å². The minimum atomic E-state index is 0.765. The predicted octanol–water partition coefficient (Wildman–Crippen LogP) is 2.97. The van der Waals surface area contributed by atoms with Gasteiger partial charge in [-0.15, -0.1) is 0 Å². The zero-order chi connectivity index (χ0) is 11.0. The smallest absolute Gasteiger partial charge is 0.114 e. The quantitative estimate of drug-likeness (QED) is 0.695. The van der Waals surface area contributed by atoms with Gasteiger partial charge in [-0.3, -0.25) is 4.99 Å². The fourth-order valence-electron chi connectivity index (χ4n) is 2.08. The highest BCUT2D eigenvalue weighted by molar-refractivity contribution is 5.83. The van der Waals surface area contributed by atoms with Gasteiger partial charge >= 0.3 is 0 Å². The van der Waals surface area contributed by atoms with Gasteiger partial charge in [0.2, 0.25) is 0 Å². The van der Waals surface area contributed by atoms with Gasteiger partial charge in [0.1, 0.15) is 6.67 Å². The van der Waals surface area contributed by atoms with Crippen LogP contribution in [0.3, 0.4) is 0 Å². The molecule has 0 aliphatic carbocycles. The summed E-state index contributed by atoms with van der Waals surface area (Å²) >= 11 is 0. The summed E-state index contributed by atoms with van der Waals surface area (Å²) in [4.78, 5) is 6.45. The summed E-state index contributed by atoms with van der Waals surface area (Å²) in [6, 6.07) is 8.71. The van der Waals surface area contributed by atoms with Crippen molar-refractivity contribution in [1.29, 1.82) is 0 Å². The number of rotatable bonds is 1. The Balaban J connectivity index is 1.90. The molecule has 0 bridgehead atoms. The first-order chi connectivity index (χ1) is 7.83. The molecule has 0 N–H and O–H groups in total. The maximum atomic E-state index is 4.26. The van der Waals surface area contributed by atoms with Crippen molar-refractivity contribution in [2.45, 2.75) is 13.3 Å². The van der Waals surface area contributed by atoms with Gasteiger partial charge in [0.05, 0.1) is 5.70 Å². The molecule has 2 heterocycles. The van der Waals surface area contributed by atoms with E-state index in [0.29, 0.717) is 0 Å². The minimum absolute atomic E-state index is 0.765. The van der Waals surface area contributed by atoms with Gasteiger partial charge in [0, 0.05) is 12.4 Å². The van der Waals surface area contributed by atoms with Crippen molar-refractivity contribution in [1.82, 2.24) is 4.90 Å². The number of hydrogen-bond donors (Lipinski definition) is 0. The molecule has 80 valence electrons. The fraction of sp³-hybridized carbons (Fsp3) is 0.214. The molecule has 2 aliphatic rings. The highest BCUT2D eigenvalue weighted by atomic mass is 15.2. The van der Waals surface area contributed by atoms with E-state index in [-0.39, 0.29) is 0 Å². The number of aryl methyl sites for hydroxylation is 1. The van der Waals surface area contributed by atoms with Gasteiger partial charge in [-0.05, 0) is 24.5 Å². The molecule has 1 aromatic rings. The van der Waals surface area contributed by atoms with Crippen LogP contribution in [0.15, 0.2) is 47.2 Å². The highest BCUT2D eigenvalue weighted by Gasteiger charge is 2.16. The molecule has 0 saturated carbocycles. The molecule has 2 nitrogen and oxygen atoms in total. The van der Waals surface area contributed by atoms with E-state index in [2.05, 4.69) is 53.4 Å². The molecule has 3 rings (SSSR count). The molecule has 0 amide bonds. The molecule has 2 aliphatic heterocycles. The maximum Gasteiger partial charge on any atom is 0.114 e. The zero-order valence-electron chi connectivity index (χ0n) is 9.35. The number of allylic oxidation sites excluding steroid dienone is 3. The van der Waals surface area contributed by atoms with Crippen LogP contribution in [0.2, 0.25) is 0 Å². The molecule has 16 heavy (non-hydrogen) atoms. The monoisotopic (exact) mass is 210 g/mol.